The molecule has 1 fully saturated rings. The first-order chi connectivity index (χ1) is 15.5. The average molecular weight is 451 g/mol. The van der Waals surface area contributed by atoms with Crippen LogP contribution >= 0.6 is 11.8 Å². The molecule has 0 saturated carbocycles. The molecule has 0 atom stereocenters. The normalized spacial score (nSPS) is 13.3. The molecule has 0 aliphatic carbocycles. The average Bonchev–Trinajstić information content (AvgIpc) is 3.39. The van der Waals surface area contributed by atoms with E-state index in [4.69, 9.17) is 4.74 Å². The van der Waals surface area contributed by atoms with E-state index < -0.39 is 18.5 Å². The maximum atomic E-state index is 12.5. The molecule has 0 radical (unpaired) electrons. The molecule has 32 heavy (non-hydrogen) atoms. The SMILES string of the molecule is Cc1ccc(-c2cc(NC(=O)COC(=O)CN3CSCC3=O)n(-c3ccccc3)n2)cc1. The van der Waals surface area contributed by atoms with Gasteiger partial charge in [-0.05, 0) is 19.1 Å². The number of hydrogen-bond donors (Lipinski definition) is 1. The van der Waals surface area contributed by atoms with Gasteiger partial charge in [-0.15, -0.1) is 11.8 Å². The van der Waals surface area contributed by atoms with Crippen molar-refractivity contribution in [2.75, 3.05) is 30.1 Å². The van der Waals surface area contributed by atoms with E-state index in [2.05, 4.69) is 10.4 Å². The van der Waals surface area contributed by atoms with Gasteiger partial charge in [-0.25, -0.2) is 4.68 Å². The van der Waals surface area contributed by atoms with Crippen molar-refractivity contribution < 1.29 is 19.1 Å². The third-order valence-corrected chi connectivity index (χ3v) is 5.78. The first kappa shape index (κ1) is 21.6. The highest BCUT2D eigenvalue weighted by molar-refractivity contribution is 8.00. The Morgan fingerprint density at radius 3 is 2.56 bits per heavy atom. The molecule has 8 nitrogen and oxygen atoms in total. The number of amides is 2. The first-order valence-corrected chi connectivity index (χ1v) is 11.2. The van der Waals surface area contributed by atoms with Gasteiger partial charge in [-0.3, -0.25) is 14.4 Å². The van der Waals surface area contributed by atoms with Gasteiger partial charge in [0.05, 0.1) is 23.0 Å². The number of rotatable bonds is 7. The fraction of sp³-hybridized carbons (Fsp3) is 0.217. The van der Waals surface area contributed by atoms with E-state index in [0.717, 1.165) is 16.8 Å². The Kier molecular flexibility index (Phi) is 6.55. The topological polar surface area (TPSA) is 93.5 Å². The summed E-state index contributed by atoms with van der Waals surface area (Å²) in [5, 5.41) is 7.42. The van der Waals surface area contributed by atoms with Crippen LogP contribution in [0.15, 0.2) is 60.7 Å². The number of para-hydroxylation sites is 1. The quantitative estimate of drug-likeness (QED) is 0.557. The number of aromatic nitrogens is 2. The van der Waals surface area contributed by atoms with Crippen molar-refractivity contribution in [2.24, 2.45) is 0 Å². The minimum atomic E-state index is -0.618. The van der Waals surface area contributed by atoms with Gasteiger partial charge in [0.2, 0.25) is 5.91 Å². The van der Waals surface area contributed by atoms with E-state index in [0.29, 0.717) is 23.1 Å². The molecule has 2 amide bonds. The first-order valence-electron chi connectivity index (χ1n) is 10.0. The molecular formula is C23H22N4O4S. The van der Waals surface area contributed by atoms with Crippen molar-refractivity contribution in [3.8, 4) is 16.9 Å². The van der Waals surface area contributed by atoms with E-state index in [1.165, 1.54) is 16.7 Å². The molecule has 0 spiro atoms. The molecule has 2 heterocycles. The number of nitrogens with one attached hydrogen (secondary N) is 1. The van der Waals surface area contributed by atoms with Crippen molar-refractivity contribution in [1.29, 1.82) is 0 Å². The summed E-state index contributed by atoms with van der Waals surface area (Å²) >= 11 is 1.44. The molecule has 1 aliphatic rings. The van der Waals surface area contributed by atoms with E-state index in [-0.39, 0.29) is 12.5 Å². The van der Waals surface area contributed by atoms with Gasteiger partial charge in [0.1, 0.15) is 12.4 Å². The summed E-state index contributed by atoms with van der Waals surface area (Å²) in [6.45, 7) is 1.41. The third-order valence-electron chi connectivity index (χ3n) is 4.83. The highest BCUT2D eigenvalue weighted by Gasteiger charge is 2.24. The zero-order chi connectivity index (χ0) is 22.5. The lowest BCUT2D eigenvalue weighted by Crippen LogP contribution is -2.33. The second kappa shape index (κ2) is 9.69. The number of nitrogens with zero attached hydrogens (tertiary/aromatic N) is 3. The third kappa shape index (κ3) is 5.17. The summed E-state index contributed by atoms with van der Waals surface area (Å²) < 4.78 is 6.69. The predicted molar refractivity (Wildman–Crippen MR) is 122 cm³/mol. The lowest BCUT2D eigenvalue weighted by Gasteiger charge is -2.13. The maximum absolute atomic E-state index is 12.5. The number of esters is 1. The van der Waals surface area contributed by atoms with E-state index in [1.807, 2.05) is 61.5 Å². The second-order valence-electron chi connectivity index (χ2n) is 7.31. The summed E-state index contributed by atoms with van der Waals surface area (Å²) in [4.78, 5) is 37.5. The molecule has 1 saturated heterocycles. The van der Waals surface area contributed by atoms with Crippen LogP contribution in [0.25, 0.3) is 16.9 Å². The molecule has 2 aromatic carbocycles. The maximum Gasteiger partial charge on any atom is 0.326 e. The van der Waals surface area contributed by atoms with Gasteiger partial charge in [-0.1, -0.05) is 48.0 Å². The Balaban J connectivity index is 1.46. The molecule has 1 N–H and O–H groups in total. The summed E-state index contributed by atoms with van der Waals surface area (Å²) in [6, 6.07) is 19.1. The van der Waals surface area contributed by atoms with Crippen LogP contribution in [-0.2, 0) is 19.1 Å². The minimum Gasteiger partial charge on any atom is -0.454 e. The summed E-state index contributed by atoms with van der Waals surface area (Å²) in [5.41, 5.74) is 3.54. The fourth-order valence-electron chi connectivity index (χ4n) is 3.17. The summed E-state index contributed by atoms with van der Waals surface area (Å²) in [7, 11) is 0. The van der Waals surface area contributed by atoms with Gasteiger partial charge in [0, 0.05) is 11.6 Å². The number of hydrogen-bond acceptors (Lipinski definition) is 6. The zero-order valence-electron chi connectivity index (χ0n) is 17.5. The van der Waals surface area contributed by atoms with Crippen molar-refractivity contribution in [2.45, 2.75) is 6.92 Å². The molecule has 164 valence electrons. The smallest absolute Gasteiger partial charge is 0.326 e. The highest BCUT2D eigenvalue weighted by Crippen LogP contribution is 2.25. The molecule has 9 heteroatoms. The summed E-state index contributed by atoms with van der Waals surface area (Å²) in [5.74, 6) is 0.0605. The van der Waals surface area contributed by atoms with Gasteiger partial charge in [0.15, 0.2) is 6.61 Å². The predicted octanol–water partition coefficient (Wildman–Crippen LogP) is 2.86. The van der Waals surface area contributed by atoms with Gasteiger partial charge in [-0.2, -0.15) is 5.10 Å². The van der Waals surface area contributed by atoms with Crippen LogP contribution in [0.4, 0.5) is 5.82 Å². The van der Waals surface area contributed by atoms with E-state index in [1.54, 1.807) is 10.7 Å². The number of anilines is 1. The van der Waals surface area contributed by atoms with Gasteiger partial charge < -0.3 is 15.0 Å². The Morgan fingerprint density at radius 1 is 1.12 bits per heavy atom. The Bertz CT molecular complexity index is 1130. The number of aryl methyl sites for hydroxylation is 1. The largest absolute Gasteiger partial charge is 0.454 e. The number of benzene rings is 2. The van der Waals surface area contributed by atoms with Crippen LogP contribution in [0.3, 0.4) is 0 Å². The van der Waals surface area contributed by atoms with Crippen LogP contribution in [0.1, 0.15) is 5.56 Å². The van der Waals surface area contributed by atoms with Crippen molar-refractivity contribution in [3.63, 3.8) is 0 Å². The number of carbonyl (C=O) groups excluding carboxylic acids is 3. The van der Waals surface area contributed by atoms with Crippen LogP contribution in [0.2, 0.25) is 0 Å². The molecule has 1 aromatic heterocycles. The Hall–Kier alpha value is -3.59. The second-order valence-corrected chi connectivity index (χ2v) is 8.26. The fourth-order valence-corrected chi connectivity index (χ4v) is 4.07. The lowest BCUT2D eigenvalue weighted by molar-refractivity contribution is -0.150. The molecule has 0 unspecified atom stereocenters. The van der Waals surface area contributed by atoms with E-state index >= 15 is 0 Å². The minimum absolute atomic E-state index is 0.105. The molecular weight excluding hydrogens is 428 g/mol. The Morgan fingerprint density at radius 2 is 1.88 bits per heavy atom. The number of carbonyl (C=O) groups is 3. The summed E-state index contributed by atoms with van der Waals surface area (Å²) in [6.07, 6.45) is 0. The Labute approximate surface area is 189 Å². The van der Waals surface area contributed by atoms with Gasteiger partial charge in [0.25, 0.3) is 5.91 Å². The van der Waals surface area contributed by atoms with E-state index in [9.17, 15) is 14.4 Å². The van der Waals surface area contributed by atoms with Gasteiger partial charge >= 0.3 is 5.97 Å². The van der Waals surface area contributed by atoms with Crippen LogP contribution in [0.5, 0.6) is 0 Å². The monoisotopic (exact) mass is 450 g/mol. The van der Waals surface area contributed by atoms with Crippen LogP contribution in [-0.4, -0.2) is 57.2 Å². The molecule has 1 aliphatic heterocycles. The number of ether oxygens (including phenoxy) is 1. The molecule has 3 aromatic rings. The zero-order valence-corrected chi connectivity index (χ0v) is 18.3. The number of thioether (sulfide) groups is 1. The lowest BCUT2D eigenvalue weighted by atomic mass is 10.1. The van der Waals surface area contributed by atoms with Crippen LogP contribution in [0, 0.1) is 6.92 Å². The van der Waals surface area contributed by atoms with Crippen molar-refractivity contribution >= 4 is 35.4 Å². The van der Waals surface area contributed by atoms with Crippen LogP contribution < -0.4 is 5.32 Å². The standard InChI is InChI=1S/C23H22N4O4S/c1-16-7-9-17(10-8-16)19-11-20(27(25-19)18-5-3-2-4-6-18)24-21(28)13-31-23(30)12-26-15-32-14-22(26)29/h2-11H,12-15H2,1H3,(H,24,28). The highest BCUT2D eigenvalue weighted by atomic mass is 32.2. The van der Waals surface area contributed by atoms with Crippen molar-refractivity contribution in [3.05, 3.63) is 66.2 Å². The molecule has 0 bridgehead atoms. The molecule has 4 rings (SSSR count). The van der Waals surface area contributed by atoms with Crippen molar-refractivity contribution in [1.82, 2.24) is 14.7 Å².